The Kier molecular flexibility index (Phi) is 7.32. The van der Waals surface area contributed by atoms with Gasteiger partial charge in [0.15, 0.2) is 20.4 Å². The van der Waals surface area contributed by atoms with Crippen molar-refractivity contribution >= 4 is 44.3 Å². The van der Waals surface area contributed by atoms with Crippen molar-refractivity contribution in [3.8, 4) is 16.6 Å². The first-order valence-electron chi connectivity index (χ1n) is 10.8. The molecule has 0 fully saturated rings. The number of thiazole rings is 1. The topological polar surface area (TPSA) is 133 Å². The molecule has 0 saturated heterocycles. The summed E-state index contributed by atoms with van der Waals surface area (Å²) in [5.74, 6) is -0.810. The molecule has 36 heavy (non-hydrogen) atoms. The van der Waals surface area contributed by atoms with Crippen LogP contribution in [0, 0.1) is 0 Å². The number of hydrogen-bond acceptors (Lipinski definition) is 9. The molecule has 0 saturated carbocycles. The number of ether oxygens (including phenoxy) is 1. The number of imidazole rings is 1. The van der Waals surface area contributed by atoms with Crippen molar-refractivity contribution in [3.63, 3.8) is 0 Å². The number of amides is 1. The van der Waals surface area contributed by atoms with E-state index in [0.29, 0.717) is 27.1 Å². The average molecular weight is 549 g/mol. The molecule has 0 aliphatic rings. The van der Waals surface area contributed by atoms with Crippen LogP contribution >= 0.6 is 22.9 Å². The summed E-state index contributed by atoms with van der Waals surface area (Å²) in [6.07, 6.45) is 5.27. The number of carbonyl (C=O) groups excluding carboxylic acids is 1. The number of benzene rings is 1. The van der Waals surface area contributed by atoms with Crippen molar-refractivity contribution in [2.75, 3.05) is 20.4 Å². The highest BCUT2D eigenvalue weighted by Crippen LogP contribution is 2.36. The van der Waals surface area contributed by atoms with Crippen molar-refractivity contribution in [2.24, 2.45) is 5.73 Å². The number of primary amides is 1. The zero-order valence-corrected chi connectivity index (χ0v) is 22.5. The summed E-state index contributed by atoms with van der Waals surface area (Å²) in [6, 6.07) is 5.76. The van der Waals surface area contributed by atoms with E-state index in [2.05, 4.69) is 15.0 Å². The lowest BCUT2D eigenvalue weighted by molar-refractivity contribution is 0.0997. The monoisotopic (exact) mass is 548 g/mol. The summed E-state index contributed by atoms with van der Waals surface area (Å²) in [6.45, 7) is 2.56. The molecule has 2 N–H and O–H groups in total. The Morgan fingerprint density at radius 1 is 1.28 bits per heavy atom. The number of aromatic nitrogens is 4. The van der Waals surface area contributed by atoms with Gasteiger partial charge in [-0.25, -0.2) is 13.4 Å². The van der Waals surface area contributed by atoms with Gasteiger partial charge in [-0.2, -0.15) is 4.98 Å². The fraction of sp³-hybridized carbons (Fsp3) is 0.304. The van der Waals surface area contributed by atoms with E-state index >= 15 is 0 Å². The predicted octanol–water partition coefficient (Wildman–Crippen LogP) is 3.35. The molecule has 3 heterocycles. The van der Waals surface area contributed by atoms with Crippen LogP contribution in [0.5, 0.6) is 5.88 Å². The Morgan fingerprint density at radius 3 is 2.67 bits per heavy atom. The molecule has 1 unspecified atom stereocenters. The Balaban J connectivity index is 1.67. The van der Waals surface area contributed by atoms with Crippen molar-refractivity contribution in [2.45, 2.75) is 25.3 Å². The third-order valence-electron chi connectivity index (χ3n) is 5.19. The molecule has 4 rings (SSSR count). The fourth-order valence-corrected chi connectivity index (χ4v) is 5.58. The Labute approximate surface area is 217 Å². The Bertz CT molecular complexity index is 1550. The molecule has 13 heteroatoms. The lowest BCUT2D eigenvalue weighted by Crippen LogP contribution is -2.13. The van der Waals surface area contributed by atoms with Crippen LogP contribution < -0.4 is 10.5 Å². The Hall–Kier alpha value is -3.06. The first-order valence-corrected chi connectivity index (χ1v) is 14.1. The third kappa shape index (κ3) is 5.84. The first-order chi connectivity index (χ1) is 16.9. The highest BCUT2D eigenvalue weighted by Gasteiger charge is 2.23. The average Bonchev–Trinajstić information content (AvgIpc) is 3.36. The van der Waals surface area contributed by atoms with Crippen LogP contribution in [0.15, 0.2) is 36.8 Å². The minimum absolute atomic E-state index is 0.0869. The number of hydrogen-bond donors (Lipinski definition) is 1. The zero-order valence-electron chi connectivity index (χ0n) is 20.1. The van der Waals surface area contributed by atoms with Crippen LogP contribution in [0.1, 0.15) is 39.5 Å². The highest BCUT2D eigenvalue weighted by molar-refractivity contribution is 7.89. The Morgan fingerprint density at radius 2 is 2.03 bits per heavy atom. The fourth-order valence-electron chi connectivity index (χ4n) is 3.68. The molecule has 0 aliphatic carbocycles. The van der Waals surface area contributed by atoms with Gasteiger partial charge in [-0.15, -0.1) is 11.3 Å². The molecule has 0 bridgehead atoms. The largest absolute Gasteiger partial charge is 0.469 e. The number of sulfone groups is 1. The highest BCUT2D eigenvalue weighted by atomic mass is 35.5. The number of carbonyl (C=O) groups is 1. The quantitative estimate of drug-likeness (QED) is 0.336. The van der Waals surface area contributed by atoms with Crippen LogP contribution in [0.4, 0.5) is 0 Å². The van der Waals surface area contributed by atoms with Gasteiger partial charge in [-0.1, -0.05) is 23.7 Å². The van der Waals surface area contributed by atoms with Gasteiger partial charge in [0.05, 0.1) is 23.8 Å². The summed E-state index contributed by atoms with van der Waals surface area (Å²) in [7, 11) is 0.679. The molecule has 1 atom stereocenters. The second-order valence-electron chi connectivity index (χ2n) is 8.69. The summed E-state index contributed by atoms with van der Waals surface area (Å²) < 4.78 is 31.1. The van der Waals surface area contributed by atoms with Gasteiger partial charge in [-0.05, 0) is 32.6 Å². The van der Waals surface area contributed by atoms with E-state index in [1.54, 1.807) is 16.8 Å². The van der Waals surface area contributed by atoms with Crippen molar-refractivity contribution in [3.05, 3.63) is 63.5 Å². The maximum absolute atomic E-state index is 12.2. The lowest BCUT2D eigenvalue weighted by Gasteiger charge is -2.17. The molecule has 1 amide bonds. The van der Waals surface area contributed by atoms with Crippen molar-refractivity contribution < 1.29 is 17.9 Å². The van der Waals surface area contributed by atoms with Crippen molar-refractivity contribution in [1.82, 2.24) is 24.3 Å². The third-order valence-corrected chi connectivity index (χ3v) is 7.41. The molecule has 10 nitrogen and oxygen atoms in total. The van der Waals surface area contributed by atoms with E-state index in [-0.39, 0.29) is 16.5 Å². The maximum atomic E-state index is 12.2. The molecular formula is C23H25ClN6O4S2. The molecule has 4 aromatic rings. The molecule has 0 spiro atoms. The lowest BCUT2D eigenvalue weighted by atomic mass is 10.1. The minimum atomic E-state index is -3.28. The van der Waals surface area contributed by atoms with Crippen LogP contribution in [-0.4, -0.2) is 58.9 Å². The van der Waals surface area contributed by atoms with Gasteiger partial charge >= 0.3 is 0 Å². The van der Waals surface area contributed by atoms with E-state index in [4.69, 9.17) is 22.1 Å². The van der Waals surface area contributed by atoms with Gasteiger partial charge in [0.25, 0.3) is 5.91 Å². The minimum Gasteiger partial charge on any atom is -0.469 e. The molecule has 190 valence electrons. The van der Waals surface area contributed by atoms with Gasteiger partial charge in [-0.3, -0.25) is 14.2 Å². The van der Waals surface area contributed by atoms with Crippen molar-refractivity contribution in [1.29, 1.82) is 0 Å². The number of nitrogens with zero attached hydrogens (tertiary/aromatic N) is 5. The molecular weight excluding hydrogens is 524 g/mol. The summed E-state index contributed by atoms with van der Waals surface area (Å²) in [5, 5.41) is 0.980. The summed E-state index contributed by atoms with van der Waals surface area (Å²) in [5.41, 5.74) is 8.83. The van der Waals surface area contributed by atoms with Crippen LogP contribution in [0.3, 0.4) is 0 Å². The SMILES string of the molecule is CC(Oc1nc(-c2cnc3cnc(CS(C)(=O)=O)cn23)sc1C(N)=O)c1ccc(CN(C)C)cc1Cl. The zero-order chi connectivity index (χ0) is 26.2. The van der Waals surface area contributed by atoms with E-state index in [0.717, 1.165) is 35.3 Å². The van der Waals surface area contributed by atoms with E-state index in [1.807, 2.05) is 44.1 Å². The van der Waals surface area contributed by atoms with Crippen LogP contribution in [0.2, 0.25) is 5.02 Å². The number of rotatable bonds is 9. The molecule has 1 aromatic carbocycles. The van der Waals surface area contributed by atoms with E-state index in [1.165, 1.54) is 6.20 Å². The number of fused-ring (bicyclic) bond motifs is 1. The second kappa shape index (κ2) is 10.1. The smallest absolute Gasteiger partial charge is 0.264 e. The van der Waals surface area contributed by atoms with Gasteiger partial charge in [0, 0.05) is 29.6 Å². The van der Waals surface area contributed by atoms with E-state index in [9.17, 15) is 13.2 Å². The first kappa shape index (κ1) is 26.0. The summed E-state index contributed by atoms with van der Waals surface area (Å²) in [4.78, 5) is 27.4. The van der Waals surface area contributed by atoms with E-state index < -0.39 is 21.8 Å². The number of nitrogens with two attached hydrogens (primary N) is 1. The molecule has 0 radical (unpaired) electrons. The van der Waals surface area contributed by atoms with Gasteiger partial charge in [0.1, 0.15) is 16.8 Å². The second-order valence-corrected chi connectivity index (χ2v) is 12.2. The normalized spacial score (nSPS) is 12.8. The summed E-state index contributed by atoms with van der Waals surface area (Å²) >= 11 is 7.58. The molecule has 0 aliphatic heterocycles. The van der Waals surface area contributed by atoms with Crippen LogP contribution in [-0.2, 0) is 22.1 Å². The predicted molar refractivity (Wildman–Crippen MR) is 139 cm³/mol. The number of halogens is 1. The maximum Gasteiger partial charge on any atom is 0.264 e. The standard InChI is InChI=1S/C23H25ClN6O4S2/c1-13(16-6-5-14(7-17(16)24)10-29(2)3)34-22-20(21(25)31)35-23(28-22)18-8-27-19-9-26-15(11-30(18)19)12-36(4,32)33/h5-9,11,13H,10,12H2,1-4H3,(H2,25,31). The van der Waals surface area contributed by atoms with Crippen LogP contribution in [0.25, 0.3) is 16.3 Å². The van der Waals surface area contributed by atoms with Gasteiger partial charge in [0.2, 0.25) is 5.88 Å². The molecule has 3 aromatic heterocycles. The van der Waals surface area contributed by atoms with Gasteiger partial charge < -0.3 is 15.4 Å².